The lowest BCUT2D eigenvalue weighted by molar-refractivity contribution is 0.0916. The monoisotopic (exact) mass is 354 g/mol. The van der Waals surface area contributed by atoms with E-state index in [2.05, 4.69) is 15.4 Å². The normalized spacial score (nSPS) is 24.8. The molecule has 4 atom stereocenters. The van der Waals surface area contributed by atoms with Gasteiger partial charge in [-0.2, -0.15) is 5.10 Å². The molecule has 1 unspecified atom stereocenters. The molecule has 7 heteroatoms. The quantitative estimate of drug-likeness (QED) is 0.800. The molecule has 0 bridgehead atoms. The molecule has 2 fully saturated rings. The number of ether oxygens (including phenoxy) is 1. The highest BCUT2D eigenvalue weighted by Gasteiger charge is 2.55. The number of fused-ring (bicyclic) bond motifs is 1. The van der Waals surface area contributed by atoms with E-state index < -0.39 is 0 Å². The molecule has 3 heterocycles. The second-order valence-electron chi connectivity index (χ2n) is 6.93. The summed E-state index contributed by atoms with van der Waals surface area (Å²) in [5, 5.41) is 7.50. The smallest absolute Gasteiger partial charge is 0.269 e. The van der Waals surface area contributed by atoms with Gasteiger partial charge in [-0.3, -0.25) is 19.3 Å². The Kier molecular flexibility index (Phi) is 4.32. The van der Waals surface area contributed by atoms with E-state index in [-0.39, 0.29) is 23.8 Å². The Morgan fingerprint density at radius 3 is 2.77 bits per heavy atom. The van der Waals surface area contributed by atoms with Crippen molar-refractivity contribution in [1.82, 2.24) is 20.1 Å². The number of ketones is 1. The molecule has 1 saturated heterocycles. The number of aromatic nitrogens is 3. The highest BCUT2D eigenvalue weighted by molar-refractivity contribution is 5.99. The van der Waals surface area contributed by atoms with Gasteiger partial charge >= 0.3 is 0 Å². The van der Waals surface area contributed by atoms with Crippen LogP contribution in [0.15, 0.2) is 30.5 Å². The fourth-order valence-corrected chi connectivity index (χ4v) is 3.60. The Bertz CT molecular complexity index is 823. The predicted octanol–water partition coefficient (Wildman–Crippen LogP) is 1.85. The molecule has 2 aliphatic rings. The van der Waals surface area contributed by atoms with Crippen LogP contribution in [-0.2, 0) is 4.74 Å². The van der Waals surface area contributed by atoms with E-state index in [1.807, 2.05) is 25.1 Å². The second kappa shape index (κ2) is 6.64. The number of carbonyl (C=O) groups excluding carboxylic acids is 2. The summed E-state index contributed by atoms with van der Waals surface area (Å²) >= 11 is 0. The van der Waals surface area contributed by atoms with Gasteiger partial charge < -0.3 is 10.1 Å². The topological polar surface area (TPSA) is 86.1 Å². The number of hydrogen-bond acceptors (Lipinski definition) is 5. The summed E-state index contributed by atoms with van der Waals surface area (Å²) < 4.78 is 6.98. The van der Waals surface area contributed by atoms with E-state index in [1.54, 1.807) is 23.9 Å². The standard InChI is InChI=1S/C19H22N4O3/c1-3-17(24)15-8-16(19(25)21-18-12-9-26-10-13(12)18)23(22-15)11(2)14-6-4-5-7-20-14/h4-8,11-13,18H,3,9-10H2,1-2H3,(H,21,25)/t11-,12-,13+,18?/m0/s1. The molecule has 1 aliphatic carbocycles. The van der Waals surface area contributed by atoms with Crippen LogP contribution >= 0.6 is 0 Å². The Labute approximate surface area is 151 Å². The summed E-state index contributed by atoms with van der Waals surface area (Å²) in [6.45, 7) is 5.12. The summed E-state index contributed by atoms with van der Waals surface area (Å²) in [5.41, 5.74) is 1.50. The van der Waals surface area contributed by atoms with E-state index in [1.165, 1.54) is 0 Å². The number of carbonyl (C=O) groups is 2. The van der Waals surface area contributed by atoms with Gasteiger partial charge in [-0.15, -0.1) is 0 Å². The second-order valence-corrected chi connectivity index (χ2v) is 6.93. The minimum atomic E-state index is -0.252. The molecule has 7 nitrogen and oxygen atoms in total. The van der Waals surface area contributed by atoms with Crippen LogP contribution in [0.1, 0.15) is 53.0 Å². The SMILES string of the molecule is CCC(=O)c1cc(C(=O)NC2[C@H]3COC[C@@H]23)n([C@@H](C)c2ccccn2)n1. The first-order valence-corrected chi connectivity index (χ1v) is 9.02. The molecule has 0 spiro atoms. The molecule has 4 rings (SSSR count). The molecule has 1 aliphatic heterocycles. The highest BCUT2D eigenvalue weighted by Crippen LogP contribution is 2.44. The first-order valence-electron chi connectivity index (χ1n) is 9.02. The number of hydrogen-bond donors (Lipinski definition) is 1. The fraction of sp³-hybridized carbons (Fsp3) is 0.474. The predicted molar refractivity (Wildman–Crippen MR) is 94.0 cm³/mol. The van der Waals surface area contributed by atoms with E-state index >= 15 is 0 Å². The van der Waals surface area contributed by atoms with Crippen LogP contribution in [0.5, 0.6) is 0 Å². The Morgan fingerprint density at radius 2 is 2.12 bits per heavy atom. The van der Waals surface area contributed by atoms with E-state index in [0.717, 1.165) is 5.69 Å². The number of nitrogens with zero attached hydrogens (tertiary/aromatic N) is 3. The molecule has 136 valence electrons. The number of nitrogens with one attached hydrogen (secondary N) is 1. The third-order valence-corrected chi connectivity index (χ3v) is 5.31. The zero-order chi connectivity index (χ0) is 18.3. The van der Waals surface area contributed by atoms with Crippen LogP contribution in [0.4, 0.5) is 0 Å². The van der Waals surface area contributed by atoms with Gasteiger partial charge in [0.25, 0.3) is 5.91 Å². The summed E-state index contributed by atoms with van der Waals surface area (Å²) in [5.74, 6) is 0.554. The fourth-order valence-electron chi connectivity index (χ4n) is 3.60. The van der Waals surface area contributed by atoms with Crippen LogP contribution in [0.3, 0.4) is 0 Å². The first kappa shape index (κ1) is 16.9. The van der Waals surface area contributed by atoms with Gasteiger partial charge in [-0.05, 0) is 19.1 Å². The zero-order valence-corrected chi connectivity index (χ0v) is 14.9. The average Bonchev–Trinajstić information content (AvgIpc) is 3.07. The van der Waals surface area contributed by atoms with Crippen molar-refractivity contribution in [3.05, 3.63) is 47.5 Å². The van der Waals surface area contributed by atoms with Gasteiger partial charge in [0.05, 0.1) is 24.9 Å². The Hall–Kier alpha value is -2.54. The van der Waals surface area contributed by atoms with Crippen LogP contribution in [0.25, 0.3) is 0 Å². The number of amides is 1. The van der Waals surface area contributed by atoms with Gasteiger partial charge in [-0.25, -0.2) is 0 Å². The molecule has 0 aromatic carbocycles. The molecule has 1 saturated carbocycles. The number of Topliss-reactive ketones (excluding diaryl/α,β-unsaturated/α-hetero) is 1. The van der Waals surface area contributed by atoms with Crippen molar-refractivity contribution in [1.29, 1.82) is 0 Å². The van der Waals surface area contributed by atoms with E-state index in [4.69, 9.17) is 4.74 Å². The third kappa shape index (κ3) is 2.92. The molecule has 1 amide bonds. The maximum Gasteiger partial charge on any atom is 0.269 e. The lowest BCUT2D eigenvalue weighted by atomic mass is 10.2. The van der Waals surface area contributed by atoms with Crippen molar-refractivity contribution in [2.24, 2.45) is 11.8 Å². The van der Waals surface area contributed by atoms with Crippen molar-refractivity contribution >= 4 is 11.7 Å². The summed E-state index contributed by atoms with van der Waals surface area (Å²) in [7, 11) is 0. The maximum atomic E-state index is 12.9. The average molecular weight is 354 g/mol. The third-order valence-electron chi connectivity index (χ3n) is 5.31. The Balaban J connectivity index is 1.62. The lowest BCUT2D eigenvalue weighted by Crippen LogP contribution is -2.32. The maximum absolute atomic E-state index is 12.9. The number of rotatable bonds is 6. The van der Waals surface area contributed by atoms with Gasteiger partial charge in [0.2, 0.25) is 0 Å². The van der Waals surface area contributed by atoms with E-state index in [9.17, 15) is 9.59 Å². The first-order chi connectivity index (χ1) is 12.6. The highest BCUT2D eigenvalue weighted by atomic mass is 16.5. The van der Waals surface area contributed by atoms with Crippen molar-refractivity contribution in [2.75, 3.05) is 13.2 Å². The van der Waals surface area contributed by atoms with Crippen LogP contribution < -0.4 is 5.32 Å². The summed E-state index contributed by atoms with van der Waals surface area (Å²) in [6.07, 6.45) is 2.05. The summed E-state index contributed by atoms with van der Waals surface area (Å²) in [6, 6.07) is 7.12. The van der Waals surface area contributed by atoms with Gasteiger partial charge in [-0.1, -0.05) is 13.0 Å². The number of pyridine rings is 1. The van der Waals surface area contributed by atoms with Crippen molar-refractivity contribution in [2.45, 2.75) is 32.4 Å². The van der Waals surface area contributed by atoms with Crippen LogP contribution in [0, 0.1) is 11.8 Å². The molecular weight excluding hydrogens is 332 g/mol. The molecular formula is C19H22N4O3. The van der Waals surface area contributed by atoms with Gasteiger partial charge in [0, 0.05) is 36.6 Å². The van der Waals surface area contributed by atoms with Crippen molar-refractivity contribution in [3.63, 3.8) is 0 Å². The molecule has 26 heavy (non-hydrogen) atoms. The van der Waals surface area contributed by atoms with Gasteiger partial charge in [0.15, 0.2) is 5.78 Å². The molecule has 0 radical (unpaired) electrons. The lowest BCUT2D eigenvalue weighted by Gasteiger charge is -2.15. The largest absolute Gasteiger partial charge is 0.381 e. The van der Waals surface area contributed by atoms with Crippen LogP contribution in [-0.4, -0.2) is 45.7 Å². The molecule has 2 aromatic rings. The minimum absolute atomic E-state index is 0.0808. The van der Waals surface area contributed by atoms with Crippen molar-refractivity contribution < 1.29 is 14.3 Å². The minimum Gasteiger partial charge on any atom is -0.381 e. The Morgan fingerprint density at radius 1 is 1.35 bits per heavy atom. The van der Waals surface area contributed by atoms with Crippen molar-refractivity contribution in [3.8, 4) is 0 Å². The zero-order valence-electron chi connectivity index (χ0n) is 14.9. The summed E-state index contributed by atoms with van der Waals surface area (Å²) in [4.78, 5) is 29.3. The van der Waals surface area contributed by atoms with Crippen LogP contribution in [0.2, 0.25) is 0 Å². The van der Waals surface area contributed by atoms with Gasteiger partial charge in [0.1, 0.15) is 11.4 Å². The molecule has 1 N–H and O–H groups in total. The molecule has 2 aromatic heterocycles. The van der Waals surface area contributed by atoms with E-state index in [0.29, 0.717) is 42.9 Å².